The predicted octanol–water partition coefficient (Wildman–Crippen LogP) is 3.61. The maximum atomic E-state index is 12.4. The molecule has 0 spiro atoms. The van der Waals surface area contributed by atoms with Gasteiger partial charge in [-0.2, -0.15) is 0 Å². The molecule has 1 heterocycles. The summed E-state index contributed by atoms with van der Waals surface area (Å²) in [5.74, 6) is 0.818. The number of benzene rings is 1. The number of ether oxygens (including phenoxy) is 1. The molecule has 21 heavy (non-hydrogen) atoms. The molecule has 0 unspecified atom stereocenters. The Hall–Kier alpha value is -1.46. The van der Waals surface area contributed by atoms with Crippen LogP contribution in [0.5, 0.6) is 0 Å². The lowest BCUT2D eigenvalue weighted by molar-refractivity contribution is -0.0530. The molecule has 1 N–H and O–H groups in total. The van der Waals surface area contributed by atoms with Crippen LogP contribution >= 0.6 is 11.8 Å². The zero-order valence-corrected chi connectivity index (χ0v) is 13.4. The maximum absolute atomic E-state index is 12.4. The number of anilines is 1. The van der Waals surface area contributed by atoms with Gasteiger partial charge in [-0.25, -0.2) is 4.79 Å². The quantitative estimate of drug-likeness (QED) is 0.682. The van der Waals surface area contributed by atoms with Crippen LogP contribution in [-0.2, 0) is 4.74 Å². The number of rotatable bonds is 4. The number of nitrogens with one attached hydrogen (secondary N) is 1. The van der Waals surface area contributed by atoms with E-state index in [0.29, 0.717) is 13.1 Å². The molecule has 0 aliphatic carbocycles. The van der Waals surface area contributed by atoms with Crippen LogP contribution in [0.25, 0.3) is 0 Å². The van der Waals surface area contributed by atoms with Gasteiger partial charge in [0.25, 0.3) is 0 Å². The van der Waals surface area contributed by atoms with Crippen molar-refractivity contribution in [2.24, 2.45) is 0 Å². The number of para-hydroxylation sites is 1. The number of thioether (sulfide) groups is 1. The molecule has 1 fully saturated rings. The normalized spacial score (nSPS) is 21.9. The Balaban J connectivity index is 2.03. The third-order valence-electron chi connectivity index (χ3n) is 3.19. The van der Waals surface area contributed by atoms with E-state index in [-0.39, 0.29) is 18.2 Å². The summed E-state index contributed by atoms with van der Waals surface area (Å²) >= 11 is 1.66. The van der Waals surface area contributed by atoms with Crippen LogP contribution in [0, 0.1) is 0 Å². The van der Waals surface area contributed by atoms with E-state index in [4.69, 9.17) is 4.74 Å². The Morgan fingerprint density at radius 2 is 2.10 bits per heavy atom. The van der Waals surface area contributed by atoms with Crippen molar-refractivity contribution in [2.45, 2.75) is 31.0 Å². The van der Waals surface area contributed by atoms with Crippen molar-refractivity contribution in [2.75, 3.05) is 24.2 Å². The molecule has 1 aliphatic rings. The van der Waals surface area contributed by atoms with Gasteiger partial charge >= 0.3 is 6.03 Å². The lowest BCUT2D eigenvalue weighted by atomic mass is 10.2. The zero-order chi connectivity index (χ0) is 15.2. The van der Waals surface area contributed by atoms with E-state index in [1.807, 2.05) is 49.1 Å². The van der Waals surface area contributed by atoms with E-state index in [9.17, 15) is 4.79 Å². The maximum Gasteiger partial charge on any atom is 0.322 e. The van der Waals surface area contributed by atoms with Crippen molar-refractivity contribution in [1.29, 1.82) is 0 Å². The Bertz CT molecular complexity index is 497. The van der Waals surface area contributed by atoms with Crippen molar-refractivity contribution in [3.63, 3.8) is 0 Å². The molecule has 0 saturated carbocycles. The summed E-state index contributed by atoms with van der Waals surface area (Å²) in [6.07, 6.45) is 2.00. The van der Waals surface area contributed by atoms with Crippen molar-refractivity contribution in [3.05, 3.63) is 36.9 Å². The van der Waals surface area contributed by atoms with E-state index < -0.39 is 0 Å². The minimum atomic E-state index is -0.0661. The molecule has 114 valence electrons. The van der Waals surface area contributed by atoms with E-state index >= 15 is 0 Å². The number of amides is 2. The van der Waals surface area contributed by atoms with Crippen LogP contribution in [-0.4, -0.2) is 42.0 Å². The molecule has 1 aromatic rings. The van der Waals surface area contributed by atoms with Crippen molar-refractivity contribution < 1.29 is 9.53 Å². The number of hydrogen-bond acceptors (Lipinski definition) is 3. The number of carbonyl (C=O) groups is 1. The van der Waals surface area contributed by atoms with Crippen LogP contribution in [0.2, 0.25) is 0 Å². The third kappa shape index (κ3) is 4.51. The second-order valence-electron chi connectivity index (χ2n) is 5.19. The van der Waals surface area contributed by atoms with Gasteiger partial charge in [-0.1, -0.05) is 18.2 Å². The molecule has 2 atom stereocenters. The van der Waals surface area contributed by atoms with Crippen molar-refractivity contribution >= 4 is 23.5 Å². The smallest absolute Gasteiger partial charge is 0.322 e. The summed E-state index contributed by atoms with van der Waals surface area (Å²) in [5, 5.41) is 3.01. The number of morpholine rings is 1. The van der Waals surface area contributed by atoms with Gasteiger partial charge in [0.15, 0.2) is 0 Å². The van der Waals surface area contributed by atoms with E-state index in [0.717, 1.165) is 16.3 Å². The molecule has 1 aliphatic heterocycles. The Kier molecular flexibility index (Phi) is 5.70. The van der Waals surface area contributed by atoms with Crippen molar-refractivity contribution in [3.8, 4) is 0 Å². The van der Waals surface area contributed by atoms with E-state index in [1.54, 1.807) is 11.8 Å². The molecule has 0 bridgehead atoms. The molecule has 5 heteroatoms. The average molecular weight is 306 g/mol. The van der Waals surface area contributed by atoms with Crippen molar-refractivity contribution in [1.82, 2.24) is 4.90 Å². The first kappa shape index (κ1) is 15.9. The second kappa shape index (κ2) is 7.52. The minimum Gasteiger partial charge on any atom is -0.372 e. The fourth-order valence-corrected chi connectivity index (χ4v) is 3.13. The van der Waals surface area contributed by atoms with Gasteiger partial charge in [0.2, 0.25) is 0 Å². The minimum absolute atomic E-state index is 0.0661. The molecule has 1 saturated heterocycles. The van der Waals surface area contributed by atoms with Crippen LogP contribution < -0.4 is 5.32 Å². The summed E-state index contributed by atoms with van der Waals surface area (Å²) < 4.78 is 5.66. The summed E-state index contributed by atoms with van der Waals surface area (Å²) in [6.45, 7) is 8.95. The lowest BCUT2D eigenvalue weighted by Gasteiger charge is -2.35. The largest absolute Gasteiger partial charge is 0.372 e. The van der Waals surface area contributed by atoms with Gasteiger partial charge in [-0.3, -0.25) is 0 Å². The Labute approximate surface area is 130 Å². The van der Waals surface area contributed by atoms with Gasteiger partial charge in [0.05, 0.1) is 17.9 Å². The van der Waals surface area contributed by atoms with E-state index in [1.165, 1.54) is 0 Å². The summed E-state index contributed by atoms with van der Waals surface area (Å²) in [4.78, 5) is 15.3. The Morgan fingerprint density at radius 3 is 2.76 bits per heavy atom. The van der Waals surface area contributed by atoms with Gasteiger partial charge < -0.3 is 15.0 Å². The van der Waals surface area contributed by atoms with Gasteiger partial charge in [0, 0.05) is 23.7 Å². The topological polar surface area (TPSA) is 41.6 Å². The van der Waals surface area contributed by atoms with E-state index in [2.05, 4.69) is 11.9 Å². The second-order valence-corrected chi connectivity index (χ2v) is 6.25. The molecule has 0 aromatic heterocycles. The molecular weight excluding hydrogens is 284 g/mol. The average Bonchev–Trinajstić information content (AvgIpc) is 2.45. The molecule has 0 radical (unpaired) electrons. The van der Waals surface area contributed by atoms with Crippen LogP contribution in [0.3, 0.4) is 0 Å². The first-order valence-corrected chi connectivity index (χ1v) is 8.13. The lowest BCUT2D eigenvalue weighted by Crippen LogP contribution is -2.49. The molecule has 1 aromatic carbocycles. The monoisotopic (exact) mass is 306 g/mol. The number of carbonyl (C=O) groups excluding carboxylic acids is 1. The number of nitrogens with zero attached hydrogens (tertiary/aromatic N) is 1. The summed E-state index contributed by atoms with van der Waals surface area (Å²) in [7, 11) is 0. The standard InChI is InChI=1S/C16H22N2O2S/c1-4-9-21-15-8-6-5-7-14(15)17-16(19)18-10-12(2)20-13(3)11-18/h4-8,12-13H,1,9-11H2,2-3H3,(H,17,19)/t12-,13-/m0/s1. The predicted molar refractivity (Wildman–Crippen MR) is 88.0 cm³/mol. The van der Waals surface area contributed by atoms with Gasteiger partial charge in [-0.05, 0) is 26.0 Å². The highest BCUT2D eigenvalue weighted by Gasteiger charge is 2.26. The highest BCUT2D eigenvalue weighted by molar-refractivity contribution is 7.99. The summed E-state index contributed by atoms with van der Waals surface area (Å²) in [6, 6.07) is 7.77. The van der Waals surface area contributed by atoms with Crippen LogP contribution in [0.15, 0.2) is 41.8 Å². The molecule has 2 rings (SSSR count). The fourth-order valence-electron chi connectivity index (χ4n) is 2.38. The summed E-state index contributed by atoms with van der Waals surface area (Å²) in [5.41, 5.74) is 0.848. The highest BCUT2D eigenvalue weighted by atomic mass is 32.2. The molecule has 4 nitrogen and oxygen atoms in total. The first-order valence-electron chi connectivity index (χ1n) is 7.14. The van der Waals surface area contributed by atoms with Crippen LogP contribution in [0.1, 0.15) is 13.8 Å². The van der Waals surface area contributed by atoms with Gasteiger partial charge in [-0.15, -0.1) is 18.3 Å². The SMILES string of the molecule is C=CCSc1ccccc1NC(=O)N1C[C@H](C)O[C@@H](C)C1. The molecule has 2 amide bonds. The van der Waals surface area contributed by atoms with Crippen LogP contribution in [0.4, 0.5) is 10.5 Å². The number of hydrogen-bond donors (Lipinski definition) is 1. The van der Waals surface area contributed by atoms with Gasteiger partial charge in [0.1, 0.15) is 0 Å². The molecular formula is C16H22N2O2S. The Morgan fingerprint density at radius 1 is 1.43 bits per heavy atom. The highest BCUT2D eigenvalue weighted by Crippen LogP contribution is 2.27. The zero-order valence-electron chi connectivity index (χ0n) is 12.5. The number of urea groups is 1. The first-order chi connectivity index (χ1) is 10.1. The fraction of sp³-hybridized carbons (Fsp3) is 0.438. The third-order valence-corrected chi connectivity index (χ3v) is 4.26.